The smallest absolute Gasteiger partial charge is 0.262 e. The highest BCUT2D eigenvalue weighted by molar-refractivity contribution is 7.99. The zero-order valence-corrected chi connectivity index (χ0v) is 19.5. The summed E-state index contributed by atoms with van der Waals surface area (Å²) in [4.78, 5) is 40.2. The molecule has 0 unspecified atom stereocenters. The van der Waals surface area contributed by atoms with Gasteiger partial charge in [-0.25, -0.2) is 0 Å². The van der Waals surface area contributed by atoms with Crippen LogP contribution in [0.3, 0.4) is 0 Å². The summed E-state index contributed by atoms with van der Waals surface area (Å²) in [6.07, 6.45) is 0. The number of halogens is 1. The average molecular weight is 466 g/mol. The Labute approximate surface area is 189 Å². The molecule has 160 valence electrons. The largest absolute Gasteiger partial charge is 0.337 e. The number of benzene rings is 1. The van der Waals surface area contributed by atoms with Gasteiger partial charge in [-0.05, 0) is 56.7 Å². The molecule has 0 atom stereocenters. The normalized spacial score (nSPS) is 14.3. The minimum atomic E-state index is -1.14. The summed E-state index contributed by atoms with van der Waals surface area (Å²) >= 11 is 8.88. The first-order chi connectivity index (χ1) is 14.2. The third-order valence-electron chi connectivity index (χ3n) is 4.80. The summed E-state index contributed by atoms with van der Waals surface area (Å²) in [5.74, 6) is 1.22. The second-order valence-electron chi connectivity index (χ2n) is 7.57. The van der Waals surface area contributed by atoms with Crippen LogP contribution in [0.4, 0.5) is 5.69 Å². The predicted octanol–water partition coefficient (Wildman–Crippen LogP) is 4.05. The summed E-state index contributed by atoms with van der Waals surface area (Å²) in [5.41, 5.74) is 0.874. The maximum absolute atomic E-state index is 12.8. The number of hydrogen-bond acceptors (Lipinski definition) is 5. The van der Waals surface area contributed by atoms with E-state index in [4.69, 9.17) is 11.6 Å². The van der Waals surface area contributed by atoms with E-state index in [9.17, 15) is 14.4 Å². The quantitative estimate of drug-likeness (QED) is 0.698. The van der Waals surface area contributed by atoms with Crippen molar-refractivity contribution in [2.45, 2.75) is 26.3 Å². The molecular weight excluding hydrogens is 442 g/mol. The van der Waals surface area contributed by atoms with Crippen molar-refractivity contribution in [1.29, 1.82) is 0 Å². The van der Waals surface area contributed by atoms with Crippen LogP contribution < -0.4 is 10.6 Å². The van der Waals surface area contributed by atoms with Gasteiger partial charge < -0.3 is 15.5 Å². The number of anilines is 1. The van der Waals surface area contributed by atoms with Gasteiger partial charge in [-0.2, -0.15) is 11.8 Å². The van der Waals surface area contributed by atoms with Gasteiger partial charge in [-0.3, -0.25) is 14.4 Å². The molecule has 0 radical (unpaired) electrons. The fourth-order valence-corrected chi connectivity index (χ4v) is 4.89. The third kappa shape index (κ3) is 5.36. The minimum Gasteiger partial charge on any atom is -0.337 e. The van der Waals surface area contributed by atoms with Crippen molar-refractivity contribution in [3.63, 3.8) is 0 Å². The molecule has 2 heterocycles. The van der Waals surface area contributed by atoms with Crippen molar-refractivity contribution in [3.05, 3.63) is 50.7 Å². The van der Waals surface area contributed by atoms with E-state index >= 15 is 0 Å². The fourth-order valence-electron chi connectivity index (χ4n) is 3.04. The van der Waals surface area contributed by atoms with Crippen LogP contribution in [0.25, 0.3) is 0 Å². The zero-order valence-electron chi connectivity index (χ0n) is 17.1. The molecule has 0 aliphatic carbocycles. The molecule has 3 rings (SSSR count). The van der Waals surface area contributed by atoms with E-state index in [1.54, 1.807) is 44.2 Å². The number of nitrogens with zero attached hydrogens (tertiary/aromatic N) is 1. The lowest BCUT2D eigenvalue weighted by molar-refractivity contribution is -0.120. The van der Waals surface area contributed by atoms with Crippen LogP contribution in [-0.4, -0.2) is 52.8 Å². The van der Waals surface area contributed by atoms with Gasteiger partial charge in [-0.1, -0.05) is 11.6 Å². The number of amides is 3. The van der Waals surface area contributed by atoms with Gasteiger partial charge in [0, 0.05) is 35.8 Å². The number of thioether (sulfide) groups is 1. The average Bonchev–Trinajstić information content (AvgIpc) is 3.14. The van der Waals surface area contributed by atoms with Gasteiger partial charge in [0.15, 0.2) is 0 Å². The van der Waals surface area contributed by atoms with Crippen LogP contribution in [0.15, 0.2) is 30.3 Å². The molecule has 1 aromatic heterocycles. The number of carbonyl (C=O) groups excluding carboxylic acids is 3. The van der Waals surface area contributed by atoms with E-state index in [0.29, 0.717) is 20.5 Å². The van der Waals surface area contributed by atoms with Crippen molar-refractivity contribution in [2.24, 2.45) is 0 Å². The molecule has 1 fully saturated rings. The van der Waals surface area contributed by atoms with Crippen molar-refractivity contribution in [3.8, 4) is 0 Å². The van der Waals surface area contributed by atoms with Crippen LogP contribution >= 0.6 is 34.7 Å². The van der Waals surface area contributed by atoms with E-state index in [2.05, 4.69) is 10.6 Å². The molecule has 2 N–H and O–H groups in total. The van der Waals surface area contributed by atoms with Crippen molar-refractivity contribution >= 4 is 58.1 Å². The lowest BCUT2D eigenvalue weighted by atomic mass is 10.0. The minimum absolute atomic E-state index is 0.0212. The molecule has 2 aromatic rings. The monoisotopic (exact) mass is 465 g/mol. The lowest BCUT2D eigenvalue weighted by Gasteiger charge is -2.27. The summed E-state index contributed by atoms with van der Waals surface area (Å²) in [5, 5.41) is 5.56. The first-order valence-electron chi connectivity index (χ1n) is 9.54. The van der Waals surface area contributed by atoms with Gasteiger partial charge in [0.25, 0.3) is 11.8 Å². The Hall–Kier alpha value is -2.03. The first-order valence-corrected chi connectivity index (χ1v) is 11.9. The van der Waals surface area contributed by atoms with Crippen molar-refractivity contribution in [1.82, 2.24) is 10.2 Å². The van der Waals surface area contributed by atoms with E-state index in [1.807, 2.05) is 23.6 Å². The molecule has 6 nitrogen and oxygen atoms in total. The lowest BCUT2D eigenvalue weighted by Crippen LogP contribution is -2.52. The molecule has 9 heteroatoms. The van der Waals surface area contributed by atoms with Crippen LogP contribution in [0.5, 0.6) is 0 Å². The van der Waals surface area contributed by atoms with Crippen LogP contribution in [0.1, 0.15) is 39.4 Å². The Balaban J connectivity index is 1.66. The summed E-state index contributed by atoms with van der Waals surface area (Å²) in [6, 6.07) is 8.50. The molecule has 3 amide bonds. The standard InChI is InChI=1S/C21H24ClN3O3S2/c1-13-12-14(4-5-15(13)19(27)25-8-10-29-11-9-25)23-20(28)21(2,3)24-18(26)16-6-7-17(22)30-16/h4-7,12H,8-11H2,1-3H3,(H,23,28)(H,24,26). The van der Waals surface area contributed by atoms with Gasteiger partial charge in [0.1, 0.15) is 5.54 Å². The summed E-state index contributed by atoms with van der Waals surface area (Å²) in [6.45, 7) is 6.63. The van der Waals surface area contributed by atoms with E-state index in [0.717, 1.165) is 41.5 Å². The maximum atomic E-state index is 12.8. The number of thiophene rings is 1. The van der Waals surface area contributed by atoms with Gasteiger partial charge >= 0.3 is 0 Å². The maximum Gasteiger partial charge on any atom is 0.262 e. The molecular formula is C21H24ClN3O3S2. The van der Waals surface area contributed by atoms with E-state index in [-0.39, 0.29) is 17.7 Å². The Kier molecular flexibility index (Phi) is 7.10. The zero-order chi connectivity index (χ0) is 21.9. The fraction of sp³-hybridized carbons (Fsp3) is 0.381. The van der Waals surface area contributed by atoms with Crippen molar-refractivity contribution in [2.75, 3.05) is 29.9 Å². The Morgan fingerprint density at radius 2 is 1.80 bits per heavy atom. The topological polar surface area (TPSA) is 78.5 Å². The molecule has 1 aliphatic heterocycles. The Morgan fingerprint density at radius 1 is 1.10 bits per heavy atom. The second-order valence-corrected chi connectivity index (χ2v) is 10.5. The Morgan fingerprint density at radius 3 is 2.40 bits per heavy atom. The molecule has 1 aromatic carbocycles. The predicted molar refractivity (Wildman–Crippen MR) is 124 cm³/mol. The third-order valence-corrected chi connectivity index (χ3v) is 6.98. The molecule has 0 spiro atoms. The Bertz CT molecular complexity index is 968. The summed E-state index contributed by atoms with van der Waals surface area (Å²) in [7, 11) is 0. The number of carbonyl (C=O) groups is 3. The molecule has 0 bridgehead atoms. The van der Waals surface area contributed by atoms with Gasteiger partial charge in [0.05, 0.1) is 9.21 Å². The van der Waals surface area contributed by atoms with Gasteiger partial charge in [0.2, 0.25) is 5.91 Å². The van der Waals surface area contributed by atoms with Gasteiger partial charge in [-0.15, -0.1) is 11.3 Å². The summed E-state index contributed by atoms with van der Waals surface area (Å²) < 4.78 is 0.510. The molecule has 1 saturated heterocycles. The van der Waals surface area contributed by atoms with E-state index in [1.165, 1.54) is 0 Å². The number of hydrogen-bond donors (Lipinski definition) is 2. The molecule has 1 aliphatic rings. The van der Waals surface area contributed by atoms with E-state index < -0.39 is 5.54 Å². The highest BCUT2D eigenvalue weighted by atomic mass is 35.5. The number of nitrogens with one attached hydrogen (secondary N) is 2. The van der Waals surface area contributed by atoms with Crippen LogP contribution in [-0.2, 0) is 4.79 Å². The van der Waals surface area contributed by atoms with Crippen molar-refractivity contribution < 1.29 is 14.4 Å². The molecule has 30 heavy (non-hydrogen) atoms. The first kappa shape index (κ1) is 22.7. The highest BCUT2D eigenvalue weighted by Gasteiger charge is 2.30. The number of rotatable bonds is 5. The second kappa shape index (κ2) is 9.41. The highest BCUT2D eigenvalue weighted by Crippen LogP contribution is 2.23. The molecule has 0 saturated carbocycles. The van der Waals surface area contributed by atoms with Crippen LogP contribution in [0, 0.1) is 6.92 Å². The van der Waals surface area contributed by atoms with Crippen LogP contribution in [0.2, 0.25) is 4.34 Å². The number of aryl methyl sites for hydroxylation is 1. The SMILES string of the molecule is Cc1cc(NC(=O)C(C)(C)NC(=O)c2ccc(Cl)s2)ccc1C(=O)N1CCSCC1.